The van der Waals surface area contributed by atoms with E-state index in [4.69, 9.17) is 4.74 Å². The molecule has 0 aliphatic heterocycles. The summed E-state index contributed by atoms with van der Waals surface area (Å²) in [5, 5.41) is 0. The second-order valence-electron chi connectivity index (χ2n) is 2.50. The van der Waals surface area contributed by atoms with Crippen molar-refractivity contribution in [2.45, 2.75) is 20.8 Å². The summed E-state index contributed by atoms with van der Waals surface area (Å²) in [5.41, 5.74) is 0. The fourth-order valence-corrected chi connectivity index (χ4v) is 0.468. The predicted octanol–water partition coefficient (Wildman–Crippen LogP) is 2.24. The highest BCUT2D eigenvalue weighted by Gasteiger charge is 1.89. The van der Waals surface area contributed by atoms with Gasteiger partial charge >= 0.3 is 0 Å². The van der Waals surface area contributed by atoms with Gasteiger partial charge in [-0.25, -0.2) is 0 Å². The summed E-state index contributed by atoms with van der Waals surface area (Å²) < 4.78 is 5.25. The topological polar surface area (TPSA) is 9.23 Å². The van der Waals surface area contributed by atoms with Gasteiger partial charge in [-0.2, -0.15) is 0 Å². The third-order valence-corrected chi connectivity index (χ3v) is 0.901. The Morgan fingerprint density at radius 1 is 1.44 bits per heavy atom. The van der Waals surface area contributed by atoms with Crippen LogP contribution in [0.4, 0.5) is 0 Å². The Kier molecular flexibility index (Phi) is 5.64. The minimum absolute atomic E-state index is 0.648. The third-order valence-electron chi connectivity index (χ3n) is 0.901. The van der Waals surface area contributed by atoms with Crippen LogP contribution in [0.5, 0.6) is 0 Å². The molecule has 9 heavy (non-hydrogen) atoms. The average molecular weight is 128 g/mol. The molecule has 0 fully saturated rings. The Bertz CT molecular complexity index is 74.6. The molecule has 0 aromatic heterocycles. The smallest absolute Gasteiger partial charge is 0.0647 e. The van der Waals surface area contributed by atoms with E-state index in [2.05, 4.69) is 13.8 Å². The molecule has 0 spiro atoms. The molecule has 0 unspecified atom stereocenters. The Hall–Kier alpha value is -0.300. The minimum atomic E-state index is 0.648. The average Bonchev–Trinajstić information content (AvgIpc) is 1.80. The van der Waals surface area contributed by atoms with Gasteiger partial charge in [0.1, 0.15) is 0 Å². The maximum absolute atomic E-state index is 5.25. The van der Waals surface area contributed by atoms with E-state index in [0.717, 1.165) is 13.2 Å². The molecule has 54 valence electrons. The lowest BCUT2D eigenvalue weighted by molar-refractivity contribution is 0.135. The molecule has 1 nitrogen and oxygen atoms in total. The quantitative estimate of drug-likeness (QED) is 0.416. The second-order valence-corrected chi connectivity index (χ2v) is 2.50. The SMILES string of the molecule is C/C=C/COCC(C)C. The van der Waals surface area contributed by atoms with Gasteiger partial charge in [-0.1, -0.05) is 26.0 Å². The van der Waals surface area contributed by atoms with Crippen LogP contribution in [0.15, 0.2) is 12.2 Å². The van der Waals surface area contributed by atoms with Crippen LogP contribution in [0, 0.1) is 5.92 Å². The van der Waals surface area contributed by atoms with Crippen molar-refractivity contribution in [2.75, 3.05) is 13.2 Å². The molecule has 0 aliphatic rings. The van der Waals surface area contributed by atoms with Crippen molar-refractivity contribution in [1.29, 1.82) is 0 Å². The number of ether oxygens (including phenoxy) is 1. The van der Waals surface area contributed by atoms with Gasteiger partial charge in [0.05, 0.1) is 6.61 Å². The summed E-state index contributed by atoms with van der Waals surface area (Å²) >= 11 is 0. The van der Waals surface area contributed by atoms with Crippen molar-refractivity contribution in [3.63, 3.8) is 0 Å². The van der Waals surface area contributed by atoms with Crippen molar-refractivity contribution < 1.29 is 4.74 Å². The van der Waals surface area contributed by atoms with E-state index in [-0.39, 0.29) is 0 Å². The van der Waals surface area contributed by atoms with Gasteiger partial charge in [-0.15, -0.1) is 0 Å². The maximum Gasteiger partial charge on any atom is 0.0647 e. The molecule has 0 saturated heterocycles. The van der Waals surface area contributed by atoms with Crippen LogP contribution in [0.3, 0.4) is 0 Å². The van der Waals surface area contributed by atoms with Crippen molar-refractivity contribution in [2.24, 2.45) is 5.92 Å². The van der Waals surface area contributed by atoms with Gasteiger partial charge in [0.15, 0.2) is 0 Å². The molecule has 0 radical (unpaired) electrons. The van der Waals surface area contributed by atoms with E-state index in [1.165, 1.54) is 0 Å². The summed E-state index contributed by atoms with van der Waals surface area (Å²) in [6.45, 7) is 7.92. The molecule has 0 atom stereocenters. The summed E-state index contributed by atoms with van der Waals surface area (Å²) in [4.78, 5) is 0. The molecule has 0 rings (SSSR count). The van der Waals surface area contributed by atoms with Crippen molar-refractivity contribution in [3.8, 4) is 0 Å². The van der Waals surface area contributed by atoms with E-state index >= 15 is 0 Å². The zero-order chi connectivity index (χ0) is 7.11. The monoisotopic (exact) mass is 128 g/mol. The van der Waals surface area contributed by atoms with E-state index < -0.39 is 0 Å². The van der Waals surface area contributed by atoms with E-state index in [0.29, 0.717) is 5.92 Å². The fourth-order valence-electron chi connectivity index (χ4n) is 0.468. The van der Waals surface area contributed by atoms with Crippen LogP contribution in [0.2, 0.25) is 0 Å². The molecular weight excluding hydrogens is 112 g/mol. The summed E-state index contributed by atoms with van der Waals surface area (Å²) in [6, 6.07) is 0. The number of allylic oxidation sites excluding steroid dienone is 1. The maximum atomic E-state index is 5.25. The largest absolute Gasteiger partial charge is 0.377 e. The minimum Gasteiger partial charge on any atom is -0.377 e. The lowest BCUT2D eigenvalue weighted by Crippen LogP contribution is -2.00. The van der Waals surface area contributed by atoms with Crippen LogP contribution >= 0.6 is 0 Å². The number of rotatable bonds is 4. The molecule has 0 heterocycles. The molecule has 0 aliphatic carbocycles. The first-order valence-electron chi connectivity index (χ1n) is 3.46. The van der Waals surface area contributed by atoms with Crippen LogP contribution in [-0.4, -0.2) is 13.2 Å². The molecule has 0 bridgehead atoms. The predicted molar refractivity (Wildman–Crippen MR) is 40.5 cm³/mol. The molecule has 0 amide bonds. The Morgan fingerprint density at radius 3 is 2.56 bits per heavy atom. The van der Waals surface area contributed by atoms with E-state index in [1.807, 2.05) is 19.1 Å². The number of hydrogen-bond donors (Lipinski definition) is 0. The Morgan fingerprint density at radius 2 is 2.11 bits per heavy atom. The zero-order valence-electron chi connectivity index (χ0n) is 6.55. The van der Waals surface area contributed by atoms with Crippen LogP contribution < -0.4 is 0 Å². The van der Waals surface area contributed by atoms with Crippen molar-refractivity contribution in [1.82, 2.24) is 0 Å². The number of hydrogen-bond acceptors (Lipinski definition) is 1. The molecule has 0 saturated carbocycles. The van der Waals surface area contributed by atoms with Gasteiger partial charge in [0, 0.05) is 6.61 Å². The van der Waals surface area contributed by atoms with Crippen molar-refractivity contribution >= 4 is 0 Å². The van der Waals surface area contributed by atoms with Crippen LogP contribution in [-0.2, 0) is 4.74 Å². The molecule has 0 aromatic rings. The Labute approximate surface area is 57.7 Å². The van der Waals surface area contributed by atoms with Gasteiger partial charge in [0.2, 0.25) is 0 Å². The summed E-state index contributed by atoms with van der Waals surface area (Å²) in [6.07, 6.45) is 4.02. The summed E-state index contributed by atoms with van der Waals surface area (Å²) in [5.74, 6) is 0.648. The highest BCUT2D eigenvalue weighted by Crippen LogP contribution is 1.91. The third kappa shape index (κ3) is 7.70. The summed E-state index contributed by atoms with van der Waals surface area (Å²) in [7, 11) is 0. The van der Waals surface area contributed by atoms with Crippen LogP contribution in [0.1, 0.15) is 20.8 Å². The molecular formula is C8H16O. The first-order valence-corrected chi connectivity index (χ1v) is 3.46. The molecule has 0 N–H and O–H groups in total. The van der Waals surface area contributed by atoms with E-state index in [9.17, 15) is 0 Å². The first kappa shape index (κ1) is 8.70. The lowest BCUT2D eigenvalue weighted by Gasteiger charge is -2.02. The van der Waals surface area contributed by atoms with Crippen molar-refractivity contribution in [3.05, 3.63) is 12.2 Å². The fraction of sp³-hybridized carbons (Fsp3) is 0.750. The van der Waals surface area contributed by atoms with Gasteiger partial charge in [0.25, 0.3) is 0 Å². The lowest BCUT2D eigenvalue weighted by atomic mass is 10.2. The van der Waals surface area contributed by atoms with Gasteiger partial charge in [-0.05, 0) is 12.8 Å². The second kappa shape index (κ2) is 5.83. The van der Waals surface area contributed by atoms with E-state index in [1.54, 1.807) is 0 Å². The van der Waals surface area contributed by atoms with Gasteiger partial charge < -0.3 is 4.74 Å². The zero-order valence-corrected chi connectivity index (χ0v) is 6.55. The standard InChI is InChI=1S/C8H16O/c1-4-5-6-9-7-8(2)3/h4-5,8H,6-7H2,1-3H3/b5-4+. The van der Waals surface area contributed by atoms with Gasteiger partial charge in [-0.3, -0.25) is 0 Å². The highest BCUT2D eigenvalue weighted by atomic mass is 16.5. The molecule has 0 aromatic carbocycles. The normalized spacial score (nSPS) is 11.6. The highest BCUT2D eigenvalue weighted by molar-refractivity contribution is 4.75. The first-order chi connectivity index (χ1) is 4.27. The molecule has 1 heteroatoms. The van der Waals surface area contributed by atoms with Crippen LogP contribution in [0.25, 0.3) is 0 Å². The Balaban J connectivity index is 2.91.